The molecule has 2 aromatic rings. The average Bonchev–Trinajstić information content (AvgIpc) is 2.38. The third-order valence-electron chi connectivity index (χ3n) is 3.06. The van der Waals surface area contributed by atoms with Crippen molar-refractivity contribution in [1.82, 2.24) is 5.06 Å². The van der Waals surface area contributed by atoms with Gasteiger partial charge >= 0.3 is 0 Å². The molecular weight excluding hydrogens is 210 g/mol. The first-order valence-electron chi connectivity index (χ1n) is 6.02. The molecule has 0 aliphatic heterocycles. The van der Waals surface area contributed by atoms with Crippen molar-refractivity contribution in [1.29, 1.82) is 0 Å². The molecule has 0 fully saturated rings. The molecular formula is C15H19NO. The second kappa shape index (κ2) is 5.80. The van der Waals surface area contributed by atoms with E-state index in [9.17, 15) is 0 Å². The Morgan fingerprint density at radius 3 is 2.59 bits per heavy atom. The van der Waals surface area contributed by atoms with Crippen LogP contribution < -0.4 is 0 Å². The van der Waals surface area contributed by atoms with Crippen LogP contribution in [0.25, 0.3) is 10.8 Å². The summed E-state index contributed by atoms with van der Waals surface area (Å²) in [5.74, 6) is 0. The lowest BCUT2D eigenvalue weighted by molar-refractivity contribution is -0.109. The molecule has 2 aromatic carbocycles. The van der Waals surface area contributed by atoms with E-state index in [4.69, 9.17) is 4.84 Å². The van der Waals surface area contributed by atoms with Gasteiger partial charge in [-0.1, -0.05) is 42.5 Å². The molecule has 0 radical (unpaired) electrons. The van der Waals surface area contributed by atoms with E-state index >= 15 is 0 Å². The van der Waals surface area contributed by atoms with Crippen molar-refractivity contribution in [3.63, 3.8) is 0 Å². The number of hydroxylamine groups is 2. The maximum atomic E-state index is 5.09. The second-order valence-electron chi connectivity index (χ2n) is 4.32. The molecule has 0 saturated heterocycles. The first kappa shape index (κ1) is 12.1. The van der Waals surface area contributed by atoms with E-state index in [1.165, 1.54) is 16.3 Å². The topological polar surface area (TPSA) is 12.5 Å². The molecule has 0 bridgehead atoms. The minimum Gasteiger partial charge on any atom is -0.303 e. The van der Waals surface area contributed by atoms with E-state index in [1.807, 2.05) is 12.1 Å². The number of fused-ring (bicyclic) bond motifs is 1. The van der Waals surface area contributed by atoms with Crippen LogP contribution in [0.2, 0.25) is 0 Å². The summed E-state index contributed by atoms with van der Waals surface area (Å²) in [4.78, 5) is 5.09. The fraction of sp³-hybridized carbons (Fsp3) is 0.333. The lowest BCUT2D eigenvalue weighted by Gasteiger charge is -2.12. The van der Waals surface area contributed by atoms with Gasteiger partial charge in [0.15, 0.2) is 0 Å². The molecule has 2 heteroatoms. The normalized spacial score (nSPS) is 11.2. The summed E-state index contributed by atoms with van der Waals surface area (Å²) in [6, 6.07) is 15.2. The Labute approximate surface area is 103 Å². The van der Waals surface area contributed by atoms with Crippen LogP contribution in [0.4, 0.5) is 0 Å². The van der Waals surface area contributed by atoms with Gasteiger partial charge in [-0.05, 0) is 29.2 Å². The van der Waals surface area contributed by atoms with Crippen molar-refractivity contribution >= 4 is 10.8 Å². The van der Waals surface area contributed by atoms with E-state index in [2.05, 4.69) is 42.5 Å². The van der Waals surface area contributed by atoms with Crippen molar-refractivity contribution in [3.8, 4) is 0 Å². The minimum atomic E-state index is 0.962. The summed E-state index contributed by atoms with van der Waals surface area (Å²) >= 11 is 0. The van der Waals surface area contributed by atoms with Gasteiger partial charge in [0.1, 0.15) is 0 Å². The molecule has 0 aliphatic carbocycles. The molecule has 0 unspecified atom stereocenters. The number of nitrogens with zero attached hydrogens (tertiary/aromatic N) is 1. The highest BCUT2D eigenvalue weighted by Crippen LogP contribution is 2.16. The Kier molecular flexibility index (Phi) is 4.13. The number of hydrogen-bond donors (Lipinski definition) is 0. The first-order chi connectivity index (χ1) is 8.29. The van der Waals surface area contributed by atoms with Crippen LogP contribution in [-0.2, 0) is 11.3 Å². The predicted octanol–water partition coefficient (Wildman–Crippen LogP) is 3.27. The fourth-order valence-corrected chi connectivity index (χ4v) is 1.99. The van der Waals surface area contributed by atoms with Crippen LogP contribution in [0.15, 0.2) is 42.5 Å². The molecule has 0 aromatic heterocycles. The van der Waals surface area contributed by atoms with E-state index < -0.39 is 0 Å². The van der Waals surface area contributed by atoms with E-state index in [0.717, 1.165) is 19.4 Å². The standard InChI is InChI=1S/C15H19NO/c1-16(17-2)11-5-6-13-9-10-14-7-3-4-8-15(14)12-13/h3-4,7-10,12H,5-6,11H2,1-2H3. The van der Waals surface area contributed by atoms with Crippen LogP contribution in [0, 0.1) is 0 Å². The van der Waals surface area contributed by atoms with Crippen LogP contribution in [0.1, 0.15) is 12.0 Å². The van der Waals surface area contributed by atoms with Crippen molar-refractivity contribution < 1.29 is 4.84 Å². The minimum absolute atomic E-state index is 0.962. The Balaban J connectivity index is 1.99. The van der Waals surface area contributed by atoms with Crippen LogP contribution in [0.5, 0.6) is 0 Å². The smallest absolute Gasteiger partial charge is 0.0575 e. The fourth-order valence-electron chi connectivity index (χ4n) is 1.99. The zero-order valence-electron chi connectivity index (χ0n) is 10.5. The summed E-state index contributed by atoms with van der Waals surface area (Å²) in [6.45, 7) is 0.962. The number of hydrogen-bond acceptors (Lipinski definition) is 2. The molecule has 0 saturated carbocycles. The van der Waals surface area contributed by atoms with Crippen LogP contribution in [0.3, 0.4) is 0 Å². The largest absolute Gasteiger partial charge is 0.303 e. The van der Waals surface area contributed by atoms with Gasteiger partial charge < -0.3 is 4.84 Å². The zero-order chi connectivity index (χ0) is 12.1. The molecule has 90 valence electrons. The number of rotatable bonds is 5. The van der Waals surface area contributed by atoms with Gasteiger partial charge in [0.05, 0.1) is 7.11 Å². The van der Waals surface area contributed by atoms with Gasteiger partial charge in [-0.25, -0.2) is 0 Å². The molecule has 0 spiro atoms. The number of aryl methyl sites for hydroxylation is 1. The molecule has 2 rings (SSSR count). The van der Waals surface area contributed by atoms with Crippen LogP contribution in [-0.4, -0.2) is 25.8 Å². The Morgan fingerprint density at radius 1 is 1.06 bits per heavy atom. The van der Waals surface area contributed by atoms with E-state index in [1.54, 1.807) is 7.11 Å². The highest BCUT2D eigenvalue weighted by molar-refractivity contribution is 5.82. The summed E-state index contributed by atoms with van der Waals surface area (Å²) in [7, 11) is 3.66. The monoisotopic (exact) mass is 229 g/mol. The lowest BCUT2D eigenvalue weighted by atomic mass is 10.0. The average molecular weight is 229 g/mol. The summed E-state index contributed by atoms with van der Waals surface area (Å²) in [6.07, 6.45) is 2.21. The molecule has 2 nitrogen and oxygen atoms in total. The Bertz CT molecular complexity index is 481. The van der Waals surface area contributed by atoms with E-state index in [0.29, 0.717) is 0 Å². The SMILES string of the molecule is CON(C)CCCc1ccc2ccccc2c1. The second-order valence-corrected chi connectivity index (χ2v) is 4.32. The molecule has 0 heterocycles. The maximum absolute atomic E-state index is 5.09. The molecule has 0 aliphatic rings. The number of benzene rings is 2. The van der Waals surface area contributed by atoms with Gasteiger partial charge in [-0.2, -0.15) is 5.06 Å². The van der Waals surface area contributed by atoms with Gasteiger partial charge in [-0.3, -0.25) is 0 Å². The first-order valence-corrected chi connectivity index (χ1v) is 6.02. The molecule has 0 atom stereocenters. The third-order valence-corrected chi connectivity index (χ3v) is 3.06. The summed E-state index contributed by atoms with van der Waals surface area (Å²) < 4.78 is 0. The Morgan fingerprint density at radius 2 is 1.82 bits per heavy atom. The highest BCUT2D eigenvalue weighted by atomic mass is 16.7. The van der Waals surface area contributed by atoms with Gasteiger partial charge in [0.2, 0.25) is 0 Å². The van der Waals surface area contributed by atoms with Gasteiger partial charge in [0.25, 0.3) is 0 Å². The summed E-state index contributed by atoms with van der Waals surface area (Å²) in [5, 5.41) is 4.50. The maximum Gasteiger partial charge on any atom is 0.0575 e. The zero-order valence-corrected chi connectivity index (χ0v) is 10.5. The molecule has 0 amide bonds. The van der Waals surface area contributed by atoms with Gasteiger partial charge in [-0.15, -0.1) is 0 Å². The summed E-state index contributed by atoms with van der Waals surface area (Å²) in [5.41, 5.74) is 1.40. The van der Waals surface area contributed by atoms with Crippen molar-refractivity contribution in [2.24, 2.45) is 0 Å². The van der Waals surface area contributed by atoms with Crippen molar-refractivity contribution in [2.45, 2.75) is 12.8 Å². The van der Waals surface area contributed by atoms with Gasteiger partial charge in [0, 0.05) is 13.6 Å². The van der Waals surface area contributed by atoms with Crippen LogP contribution >= 0.6 is 0 Å². The van der Waals surface area contributed by atoms with Crippen molar-refractivity contribution in [3.05, 3.63) is 48.0 Å². The Hall–Kier alpha value is -1.38. The highest BCUT2D eigenvalue weighted by Gasteiger charge is 1.98. The lowest BCUT2D eigenvalue weighted by Crippen LogP contribution is -2.18. The third kappa shape index (κ3) is 3.29. The quantitative estimate of drug-likeness (QED) is 0.730. The predicted molar refractivity (Wildman–Crippen MR) is 71.9 cm³/mol. The molecule has 0 N–H and O–H groups in total. The van der Waals surface area contributed by atoms with E-state index in [-0.39, 0.29) is 0 Å². The van der Waals surface area contributed by atoms with Crippen molar-refractivity contribution in [2.75, 3.05) is 20.7 Å². The molecule has 17 heavy (non-hydrogen) atoms.